The predicted octanol–water partition coefficient (Wildman–Crippen LogP) is 2.60. The van der Waals surface area contributed by atoms with E-state index in [2.05, 4.69) is 20.0 Å². The van der Waals surface area contributed by atoms with Gasteiger partial charge in [-0.2, -0.15) is 0 Å². The van der Waals surface area contributed by atoms with E-state index in [4.69, 9.17) is 18.6 Å². The van der Waals surface area contributed by atoms with Crippen LogP contribution in [0.5, 0.6) is 5.75 Å². The second-order valence-electron chi connectivity index (χ2n) is 9.53. The number of likely N-dealkylation sites (tertiary alicyclic amines) is 1. The summed E-state index contributed by atoms with van der Waals surface area (Å²) in [5.74, 6) is 0.936. The van der Waals surface area contributed by atoms with Gasteiger partial charge in [0.15, 0.2) is 0 Å². The van der Waals surface area contributed by atoms with Gasteiger partial charge in [-0.15, -0.1) is 5.10 Å². The van der Waals surface area contributed by atoms with Crippen LogP contribution in [0.15, 0.2) is 29.0 Å². The molecular formula is C23H29FN4O4. The number of rotatable bonds is 5. The molecular weight excluding hydrogens is 415 g/mol. The second kappa shape index (κ2) is 8.28. The van der Waals surface area contributed by atoms with Crippen LogP contribution in [0.4, 0.5) is 10.4 Å². The normalized spacial score (nSPS) is 28.3. The summed E-state index contributed by atoms with van der Waals surface area (Å²) in [5, 5.41) is 7.74. The molecule has 2 atom stereocenters. The minimum absolute atomic E-state index is 0.0697. The predicted molar refractivity (Wildman–Crippen MR) is 113 cm³/mol. The van der Waals surface area contributed by atoms with E-state index in [0.717, 1.165) is 76.4 Å². The Kier molecular flexibility index (Phi) is 5.27. The van der Waals surface area contributed by atoms with Crippen molar-refractivity contribution < 1.29 is 23.0 Å². The van der Waals surface area contributed by atoms with Crippen molar-refractivity contribution in [2.24, 2.45) is 0 Å². The van der Waals surface area contributed by atoms with Crippen LogP contribution in [-0.2, 0) is 9.47 Å². The first kappa shape index (κ1) is 20.4. The summed E-state index contributed by atoms with van der Waals surface area (Å²) in [6.45, 7) is 5.70. The van der Waals surface area contributed by atoms with E-state index in [1.54, 1.807) is 12.1 Å². The largest absolute Gasteiger partial charge is 0.488 e. The summed E-state index contributed by atoms with van der Waals surface area (Å²) in [6.07, 6.45) is 5.35. The minimum atomic E-state index is -0.195. The Balaban J connectivity index is 1.05. The molecule has 0 radical (unpaired) electrons. The van der Waals surface area contributed by atoms with Gasteiger partial charge in [0.2, 0.25) is 6.39 Å². The third kappa shape index (κ3) is 3.86. The van der Waals surface area contributed by atoms with Gasteiger partial charge in [0.25, 0.3) is 0 Å². The summed E-state index contributed by atoms with van der Waals surface area (Å²) in [6, 6.07) is 5.95. The highest BCUT2D eigenvalue weighted by molar-refractivity contribution is 5.38. The van der Waals surface area contributed by atoms with Crippen LogP contribution in [0, 0.1) is 5.82 Å². The van der Waals surface area contributed by atoms with E-state index < -0.39 is 0 Å². The number of nitrogens with zero attached hydrogens (tertiary/aromatic N) is 4. The number of hydrogen-bond donors (Lipinski definition) is 0. The van der Waals surface area contributed by atoms with Gasteiger partial charge in [0, 0.05) is 18.0 Å². The molecule has 1 aromatic carbocycles. The zero-order chi connectivity index (χ0) is 21.5. The lowest BCUT2D eigenvalue weighted by molar-refractivity contribution is -0.0216. The number of piperidine rings is 1. The molecule has 6 rings (SSSR count). The molecule has 2 aromatic rings. The molecule has 32 heavy (non-hydrogen) atoms. The fourth-order valence-electron chi connectivity index (χ4n) is 5.67. The molecule has 8 nitrogen and oxygen atoms in total. The Morgan fingerprint density at radius 2 is 2.00 bits per heavy atom. The molecule has 0 N–H and O–H groups in total. The van der Waals surface area contributed by atoms with Crippen LogP contribution in [0.25, 0.3) is 0 Å². The third-order valence-corrected chi connectivity index (χ3v) is 7.41. The lowest BCUT2D eigenvalue weighted by atomic mass is 9.86. The van der Waals surface area contributed by atoms with E-state index in [-0.39, 0.29) is 17.5 Å². The smallest absolute Gasteiger partial charge is 0.318 e. The molecule has 0 aliphatic carbocycles. The highest BCUT2D eigenvalue weighted by Crippen LogP contribution is 2.41. The first-order valence-corrected chi connectivity index (χ1v) is 11.6. The molecule has 4 aliphatic rings. The number of aromatic nitrogens is 2. The highest BCUT2D eigenvalue weighted by atomic mass is 19.1. The highest BCUT2D eigenvalue weighted by Gasteiger charge is 2.52. The number of benzene rings is 1. The van der Waals surface area contributed by atoms with E-state index in [1.807, 2.05) is 0 Å². The lowest BCUT2D eigenvalue weighted by Crippen LogP contribution is -2.62. The average molecular weight is 445 g/mol. The topological polar surface area (TPSA) is 73.1 Å². The molecule has 0 amide bonds. The van der Waals surface area contributed by atoms with E-state index in [9.17, 15) is 4.39 Å². The first-order chi connectivity index (χ1) is 15.7. The van der Waals surface area contributed by atoms with Crippen LogP contribution in [0.1, 0.15) is 37.2 Å². The molecule has 4 saturated heterocycles. The van der Waals surface area contributed by atoms with E-state index >= 15 is 0 Å². The molecule has 4 fully saturated rings. The average Bonchev–Trinajstić information content (AvgIpc) is 3.55. The maximum atomic E-state index is 14.1. The van der Waals surface area contributed by atoms with Gasteiger partial charge in [-0.1, -0.05) is 5.10 Å². The minimum Gasteiger partial charge on any atom is -0.488 e. The number of hydrogen-bond acceptors (Lipinski definition) is 8. The fourth-order valence-corrected chi connectivity index (χ4v) is 5.67. The van der Waals surface area contributed by atoms with Crippen molar-refractivity contribution in [2.75, 3.05) is 50.9 Å². The molecule has 4 aliphatic heterocycles. The van der Waals surface area contributed by atoms with Crippen molar-refractivity contribution in [1.82, 2.24) is 15.1 Å². The van der Waals surface area contributed by atoms with Gasteiger partial charge >= 0.3 is 6.01 Å². The maximum absolute atomic E-state index is 14.1. The summed E-state index contributed by atoms with van der Waals surface area (Å²) in [7, 11) is 0. The molecule has 5 heterocycles. The van der Waals surface area contributed by atoms with Crippen molar-refractivity contribution in [1.29, 1.82) is 0 Å². The Labute approximate surface area is 186 Å². The number of ether oxygens (including phenoxy) is 3. The summed E-state index contributed by atoms with van der Waals surface area (Å²) in [5.41, 5.74) is 0.910. The second-order valence-corrected chi connectivity index (χ2v) is 9.53. The van der Waals surface area contributed by atoms with E-state index in [1.165, 1.54) is 12.5 Å². The molecule has 0 bridgehead atoms. The summed E-state index contributed by atoms with van der Waals surface area (Å²) < 4.78 is 37.2. The van der Waals surface area contributed by atoms with Gasteiger partial charge in [-0.25, -0.2) is 4.39 Å². The Bertz CT molecular complexity index is 922. The van der Waals surface area contributed by atoms with Crippen molar-refractivity contribution >= 4 is 6.01 Å². The molecule has 172 valence electrons. The molecule has 0 unspecified atom stereocenters. The number of halogens is 1. The van der Waals surface area contributed by atoms with Gasteiger partial charge < -0.3 is 23.5 Å². The van der Waals surface area contributed by atoms with Gasteiger partial charge in [-0.05, 0) is 56.5 Å². The SMILES string of the molecule is Fc1ccc(O[C@H]2CCOC2)c(C2CCN([C@@H]3COC4(C3)CN(c3nnco3)C4)CC2)c1. The summed E-state index contributed by atoms with van der Waals surface area (Å²) >= 11 is 0. The van der Waals surface area contributed by atoms with E-state index in [0.29, 0.717) is 24.6 Å². The summed E-state index contributed by atoms with van der Waals surface area (Å²) in [4.78, 5) is 4.62. The van der Waals surface area contributed by atoms with Crippen molar-refractivity contribution in [2.45, 2.75) is 49.3 Å². The first-order valence-electron chi connectivity index (χ1n) is 11.6. The maximum Gasteiger partial charge on any atom is 0.318 e. The van der Waals surface area contributed by atoms with Crippen LogP contribution in [-0.4, -0.2) is 78.8 Å². The van der Waals surface area contributed by atoms with Crippen LogP contribution in [0.3, 0.4) is 0 Å². The quantitative estimate of drug-likeness (QED) is 0.697. The molecule has 1 aromatic heterocycles. The standard InChI is InChI=1S/C23H29FN4O4/c24-17-1-2-21(32-19-5-8-29-12-19)20(9-17)16-3-6-27(7-4-16)18-10-23(31-11-18)13-28(14-23)22-26-25-15-30-22/h1-2,9,15-16,18-19H,3-8,10-14H2/t18-,19-/m0/s1. The zero-order valence-corrected chi connectivity index (χ0v) is 18.1. The number of anilines is 1. The van der Waals surface area contributed by atoms with Crippen molar-refractivity contribution in [3.05, 3.63) is 36.0 Å². The van der Waals surface area contributed by atoms with Crippen LogP contribution >= 0.6 is 0 Å². The van der Waals surface area contributed by atoms with Crippen LogP contribution in [0.2, 0.25) is 0 Å². The Hall–Kier alpha value is -2.23. The molecule has 0 saturated carbocycles. The van der Waals surface area contributed by atoms with Crippen LogP contribution < -0.4 is 9.64 Å². The molecule has 9 heteroatoms. The van der Waals surface area contributed by atoms with Gasteiger partial charge in [-0.3, -0.25) is 4.90 Å². The van der Waals surface area contributed by atoms with Gasteiger partial charge in [0.1, 0.15) is 23.3 Å². The monoisotopic (exact) mass is 444 g/mol. The van der Waals surface area contributed by atoms with Crippen molar-refractivity contribution in [3.63, 3.8) is 0 Å². The zero-order valence-electron chi connectivity index (χ0n) is 18.1. The molecule has 1 spiro atoms. The Morgan fingerprint density at radius 3 is 2.75 bits per heavy atom. The van der Waals surface area contributed by atoms with Crippen molar-refractivity contribution in [3.8, 4) is 5.75 Å². The van der Waals surface area contributed by atoms with Gasteiger partial charge in [0.05, 0.1) is 32.9 Å². The lowest BCUT2D eigenvalue weighted by Gasteiger charge is -2.46. The third-order valence-electron chi connectivity index (χ3n) is 7.41. The Morgan fingerprint density at radius 1 is 1.12 bits per heavy atom. The fraction of sp³-hybridized carbons (Fsp3) is 0.652.